The fraction of sp³-hybridized carbons (Fsp3) is 0.421. The Morgan fingerprint density at radius 3 is 2.62 bits per heavy atom. The minimum Gasteiger partial charge on any atom is -0.349 e. The van der Waals surface area contributed by atoms with E-state index in [9.17, 15) is 9.18 Å². The number of alkyl halides is 1. The van der Waals surface area contributed by atoms with Crippen molar-refractivity contribution >= 4 is 17.5 Å². The minimum atomic E-state index is -0.392. The highest BCUT2D eigenvalue weighted by molar-refractivity contribution is 5.93. The summed E-state index contributed by atoms with van der Waals surface area (Å²) >= 11 is 0. The van der Waals surface area contributed by atoms with Gasteiger partial charge >= 0.3 is 0 Å². The molecule has 4 N–H and O–H groups in total. The number of halogens is 1. The molecule has 1 amide bonds. The van der Waals surface area contributed by atoms with Gasteiger partial charge in [0.25, 0.3) is 5.91 Å². The lowest BCUT2D eigenvalue weighted by molar-refractivity contribution is 0.0925. The summed E-state index contributed by atoms with van der Waals surface area (Å²) in [6, 6.07) is 7.86. The lowest BCUT2D eigenvalue weighted by Crippen LogP contribution is -2.40. The zero-order chi connectivity index (χ0) is 18.4. The first kappa shape index (κ1) is 18.3. The molecule has 0 radical (unpaired) electrons. The van der Waals surface area contributed by atoms with Gasteiger partial charge < -0.3 is 16.4 Å². The molecule has 0 saturated heterocycles. The number of benzene rings is 1. The molecule has 1 heterocycles. The highest BCUT2D eigenvalue weighted by Gasteiger charge is 2.20. The molecule has 2 aromatic rings. The van der Waals surface area contributed by atoms with E-state index in [0.717, 1.165) is 36.9 Å². The fourth-order valence-electron chi connectivity index (χ4n) is 3.08. The maximum atomic E-state index is 12.5. The molecule has 1 aromatic heterocycles. The van der Waals surface area contributed by atoms with Gasteiger partial charge in [0.2, 0.25) is 5.95 Å². The Hall–Kier alpha value is -2.54. The largest absolute Gasteiger partial charge is 0.349 e. The summed E-state index contributed by atoms with van der Waals surface area (Å²) in [7, 11) is 0. The molecule has 26 heavy (non-hydrogen) atoms. The normalized spacial score (nSPS) is 19.8. The maximum Gasteiger partial charge on any atom is 0.254 e. The third-order valence-electron chi connectivity index (χ3n) is 4.59. The van der Waals surface area contributed by atoms with Gasteiger partial charge in [-0.05, 0) is 43.4 Å². The number of carbonyl (C=O) groups is 1. The summed E-state index contributed by atoms with van der Waals surface area (Å²) in [5, 5.41) is 6.08. The summed E-state index contributed by atoms with van der Waals surface area (Å²) in [5.41, 5.74) is 8.00. The van der Waals surface area contributed by atoms with Crippen molar-refractivity contribution < 1.29 is 9.18 Å². The van der Waals surface area contributed by atoms with Crippen molar-refractivity contribution in [3.05, 3.63) is 47.8 Å². The van der Waals surface area contributed by atoms with E-state index >= 15 is 0 Å². The van der Waals surface area contributed by atoms with Gasteiger partial charge in [-0.2, -0.15) is 0 Å². The number of carbonyl (C=O) groups excluding carboxylic acids is 1. The number of rotatable bonds is 6. The summed E-state index contributed by atoms with van der Waals surface area (Å²) < 4.78 is 12.5. The number of nitrogens with one attached hydrogen (secondary N) is 2. The molecule has 6 nitrogen and oxygen atoms in total. The topological polar surface area (TPSA) is 92.9 Å². The van der Waals surface area contributed by atoms with Crippen molar-refractivity contribution in [1.82, 2.24) is 15.3 Å². The van der Waals surface area contributed by atoms with Crippen molar-refractivity contribution in [1.29, 1.82) is 0 Å². The van der Waals surface area contributed by atoms with Gasteiger partial charge in [-0.3, -0.25) is 9.18 Å². The zero-order valence-electron chi connectivity index (χ0n) is 14.6. The molecule has 0 spiro atoms. The van der Waals surface area contributed by atoms with Crippen molar-refractivity contribution in [3.63, 3.8) is 0 Å². The summed E-state index contributed by atoms with van der Waals surface area (Å²) in [5.74, 6) is 0.226. The monoisotopic (exact) mass is 357 g/mol. The Morgan fingerprint density at radius 2 is 1.92 bits per heavy atom. The molecule has 0 unspecified atom stereocenters. The third kappa shape index (κ3) is 4.98. The van der Waals surface area contributed by atoms with Gasteiger partial charge in [0.1, 0.15) is 0 Å². The van der Waals surface area contributed by atoms with Crippen LogP contribution in [0, 0.1) is 0 Å². The molecule has 1 aliphatic rings. The van der Waals surface area contributed by atoms with E-state index in [0.29, 0.717) is 17.9 Å². The highest BCUT2D eigenvalue weighted by Crippen LogP contribution is 2.18. The molecular formula is C19H24FN5O. The van der Waals surface area contributed by atoms with Crippen LogP contribution in [0.4, 0.5) is 16.0 Å². The number of amides is 1. The Morgan fingerprint density at radius 1 is 1.19 bits per heavy atom. The standard InChI is InChI=1S/C19H24FN5O/c20-9-8-13-2-1-3-17(10-13)25-19-22-11-14(12-23-19)18(26)24-16-6-4-15(21)5-7-16/h1-3,10-12,15-16H,4-9,21H2,(H,24,26)(H,22,23,25). The van der Waals surface area contributed by atoms with Crippen LogP contribution in [0.15, 0.2) is 36.7 Å². The van der Waals surface area contributed by atoms with Crippen LogP contribution >= 0.6 is 0 Å². The fourth-order valence-corrected chi connectivity index (χ4v) is 3.08. The van der Waals surface area contributed by atoms with Crippen molar-refractivity contribution in [3.8, 4) is 0 Å². The van der Waals surface area contributed by atoms with Gasteiger partial charge in [0.05, 0.1) is 12.2 Å². The van der Waals surface area contributed by atoms with Crippen LogP contribution in [0.1, 0.15) is 41.6 Å². The number of aromatic nitrogens is 2. The third-order valence-corrected chi connectivity index (χ3v) is 4.59. The molecule has 3 rings (SSSR count). The highest BCUT2D eigenvalue weighted by atomic mass is 19.1. The quantitative estimate of drug-likeness (QED) is 0.739. The maximum absolute atomic E-state index is 12.5. The van der Waals surface area contributed by atoms with Crippen LogP contribution < -0.4 is 16.4 Å². The van der Waals surface area contributed by atoms with Crippen LogP contribution in [0.25, 0.3) is 0 Å². The average Bonchev–Trinajstić information content (AvgIpc) is 2.65. The van der Waals surface area contributed by atoms with Crippen LogP contribution in [-0.2, 0) is 6.42 Å². The molecular weight excluding hydrogens is 333 g/mol. The Balaban J connectivity index is 1.57. The van der Waals surface area contributed by atoms with Gasteiger partial charge in [0.15, 0.2) is 0 Å². The van der Waals surface area contributed by atoms with Crippen molar-refractivity contribution in [2.75, 3.05) is 12.0 Å². The van der Waals surface area contributed by atoms with E-state index in [4.69, 9.17) is 5.73 Å². The van der Waals surface area contributed by atoms with Crippen LogP contribution in [0.5, 0.6) is 0 Å². The van der Waals surface area contributed by atoms with E-state index < -0.39 is 6.67 Å². The van der Waals surface area contributed by atoms with Crippen LogP contribution in [-0.4, -0.2) is 34.6 Å². The first-order valence-corrected chi connectivity index (χ1v) is 8.94. The first-order chi connectivity index (χ1) is 12.6. The van der Waals surface area contributed by atoms with E-state index in [1.165, 1.54) is 12.4 Å². The second-order valence-electron chi connectivity index (χ2n) is 6.64. The molecule has 1 aliphatic carbocycles. The van der Waals surface area contributed by atoms with Crippen LogP contribution in [0.3, 0.4) is 0 Å². The molecule has 0 aliphatic heterocycles. The second kappa shape index (κ2) is 8.71. The molecule has 1 saturated carbocycles. The SMILES string of the molecule is NC1CCC(NC(=O)c2cnc(Nc3cccc(CCF)c3)nc2)CC1. The Bertz CT molecular complexity index is 729. The Labute approximate surface area is 152 Å². The first-order valence-electron chi connectivity index (χ1n) is 8.94. The van der Waals surface area contributed by atoms with Crippen molar-refractivity contribution in [2.24, 2.45) is 5.73 Å². The van der Waals surface area contributed by atoms with E-state index in [-0.39, 0.29) is 18.0 Å². The van der Waals surface area contributed by atoms with Crippen LogP contribution in [0.2, 0.25) is 0 Å². The lowest BCUT2D eigenvalue weighted by Gasteiger charge is -2.26. The molecule has 1 aromatic carbocycles. The summed E-state index contributed by atoms with van der Waals surface area (Å²) in [6.45, 7) is -0.392. The molecule has 0 bridgehead atoms. The number of nitrogens with zero attached hydrogens (tertiary/aromatic N) is 2. The molecule has 138 valence electrons. The number of nitrogens with two attached hydrogens (primary N) is 1. The molecule has 1 fully saturated rings. The van der Waals surface area contributed by atoms with E-state index in [2.05, 4.69) is 20.6 Å². The molecule has 0 atom stereocenters. The zero-order valence-corrected chi connectivity index (χ0v) is 14.6. The van der Waals surface area contributed by atoms with E-state index in [1.807, 2.05) is 24.3 Å². The number of anilines is 2. The van der Waals surface area contributed by atoms with Gasteiger partial charge in [-0.25, -0.2) is 9.97 Å². The summed E-state index contributed by atoms with van der Waals surface area (Å²) in [6.07, 6.45) is 7.07. The Kier molecular flexibility index (Phi) is 6.12. The predicted molar refractivity (Wildman–Crippen MR) is 99.1 cm³/mol. The van der Waals surface area contributed by atoms with E-state index in [1.54, 1.807) is 0 Å². The minimum absolute atomic E-state index is 0.165. The number of hydrogen-bond donors (Lipinski definition) is 3. The van der Waals surface area contributed by atoms with Gasteiger partial charge in [0, 0.05) is 36.6 Å². The number of aryl methyl sites for hydroxylation is 1. The predicted octanol–water partition coefficient (Wildman–Crippen LogP) is 2.73. The average molecular weight is 357 g/mol. The smallest absolute Gasteiger partial charge is 0.254 e. The van der Waals surface area contributed by atoms with Crippen molar-refractivity contribution in [2.45, 2.75) is 44.2 Å². The lowest BCUT2D eigenvalue weighted by atomic mass is 9.92. The summed E-state index contributed by atoms with van der Waals surface area (Å²) in [4.78, 5) is 20.7. The number of hydrogen-bond acceptors (Lipinski definition) is 5. The molecule has 7 heteroatoms. The van der Waals surface area contributed by atoms with Gasteiger partial charge in [-0.1, -0.05) is 12.1 Å². The second-order valence-corrected chi connectivity index (χ2v) is 6.64. The van der Waals surface area contributed by atoms with Gasteiger partial charge in [-0.15, -0.1) is 0 Å².